The molecule has 4 heterocycles. The summed E-state index contributed by atoms with van der Waals surface area (Å²) in [6.07, 6.45) is 4.01. The molecule has 0 spiro atoms. The molecule has 4 aromatic rings. The maximum absolute atomic E-state index is 4.29. The van der Waals surface area contributed by atoms with E-state index in [1.807, 2.05) is 35.3 Å². The van der Waals surface area contributed by atoms with E-state index in [2.05, 4.69) is 60.4 Å². The molecule has 0 fully saturated rings. The summed E-state index contributed by atoms with van der Waals surface area (Å²) in [7, 11) is 0. The SMILES string of the molecule is Cc1ccc2cc(C)nn2c1.Cc1ccn2nc(C)cc2c1. The lowest BCUT2D eigenvalue weighted by Crippen LogP contribution is -1.86. The number of hydrogen-bond acceptors (Lipinski definition) is 2. The van der Waals surface area contributed by atoms with Crippen molar-refractivity contribution in [2.24, 2.45) is 0 Å². The topological polar surface area (TPSA) is 34.6 Å². The Labute approximate surface area is 130 Å². The number of aromatic nitrogens is 4. The minimum absolute atomic E-state index is 1.07. The van der Waals surface area contributed by atoms with E-state index in [0.717, 1.165) is 16.9 Å². The molecule has 0 amide bonds. The van der Waals surface area contributed by atoms with Gasteiger partial charge in [-0.2, -0.15) is 10.2 Å². The predicted octanol–water partition coefficient (Wildman–Crippen LogP) is 3.90. The van der Waals surface area contributed by atoms with Crippen LogP contribution >= 0.6 is 0 Å². The average Bonchev–Trinajstić information content (AvgIpc) is 2.99. The van der Waals surface area contributed by atoms with E-state index >= 15 is 0 Å². The zero-order valence-corrected chi connectivity index (χ0v) is 13.4. The van der Waals surface area contributed by atoms with Crippen LogP contribution in [-0.2, 0) is 0 Å². The lowest BCUT2D eigenvalue weighted by molar-refractivity contribution is 0.926. The van der Waals surface area contributed by atoms with E-state index in [1.54, 1.807) is 0 Å². The molecule has 0 aliphatic carbocycles. The summed E-state index contributed by atoms with van der Waals surface area (Å²) in [5.74, 6) is 0. The highest BCUT2D eigenvalue weighted by Crippen LogP contribution is 2.07. The predicted molar refractivity (Wildman–Crippen MR) is 89.3 cm³/mol. The van der Waals surface area contributed by atoms with Gasteiger partial charge in [0.1, 0.15) is 0 Å². The maximum Gasteiger partial charge on any atom is 0.0666 e. The minimum atomic E-state index is 1.07. The van der Waals surface area contributed by atoms with Crippen LogP contribution in [0, 0.1) is 27.7 Å². The molecule has 0 saturated carbocycles. The number of rotatable bonds is 0. The van der Waals surface area contributed by atoms with Crippen molar-refractivity contribution in [3.05, 3.63) is 71.3 Å². The summed E-state index contributed by atoms with van der Waals surface area (Å²) in [5.41, 5.74) is 6.97. The third-order valence-corrected chi connectivity index (χ3v) is 3.47. The van der Waals surface area contributed by atoms with Crippen LogP contribution in [0.3, 0.4) is 0 Å². The lowest BCUT2D eigenvalue weighted by atomic mass is 10.3. The molecule has 0 saturated heterocycles. The summed E-state index contributed by atoms with van der Waals surface area (Å²) in [5, 5.41) is 8.56. The fraction of sp³-hybridized carbons (Fsp3) is 0.222. The number of nitrogens with zero attached hydrogens (tertiary/aromatic N) is 4. The third-order valence-electron chi connectivity index (χ3n) is 3.47. The van der Waals surface area contributed by atoms with Gasteiger partial charge < -0.3 is 0 Å². The van der Waals surface area contributed by atoms with Crippen molar-refractivity contribution in [2.45, 2.75) is 27.7 Å². The Kier molecular flexibility index (Phi) is 3.67. The fourth-order valence-corrected chi connectivity index (χ4v) is 2.45. The Morgan fingerprint density at radius 2 is 1.36 bits per heavy atom. The van der Waals surface area contributed by atoms with Gasteiger partial charge >= 0.3 is 0 Å². The third kappa shape index (κ3) is 3.01. The largest absolute Gasteiger partial charge is 0.241 e. The molecule has 112 valence electrons. The van der Waals surface area contributed by atoms with Crippen LogP contribution in [-0.4, -0.2) is 19.2 Å². The molecule has 4 aromatic heterocycles. The van der Waals surface area contributed by atoms with Crippen LogP contribution in [0.5, 0.6) is 0 Å². The second kappa shape index (κ2) is 5.64. The zero-order valence-electron chi connectivity index (χ0n) is 13.4. The number of pyridine rings is 2. The van der Waals surface area contributed by atoms with Gasteiger partial charge in [-0.3, -0.25) is 0 Å². The van der Waals surface area contributed by atoms with Gasteiger partial charge in [-0.25, -0.2) is 9.03 Å². The summed E-state index contributed by atoms with van der Waals surface area (Å²) < 4.78 is 3.80. The molecule has 4 nitrogen and oxygen atoms in total. The van der Waals surface area contributed by atoms with E-state index in [4.69, 9.17) is 0 Å². The first-order valence-corrected chi connectivity index (χ1v) is 7.36. The van der Waals surface area contributed by atoms with E-state index in [9.17, 15) is 0 Å². The van der Waals surface area contributed by atoms with Crippen LogP contribution in [0.15, 0.2) is 48.8 Å². The molecule has 0 aliphatic heterocycles. The Bertz CT molecular complexity index is 853. The Balaban J connectivity index is 0.000000131. The highest BCUT2D eigenvalue weighted by atomic mass is 15.2. The van der Waals surface area contributed by atoms with Gasteiger partial charge in [0.25, 0.3) is 0 Å². The van der Waals surface area contributed by atoms with E-state index in [1.165, 1.54) is 16.6 Å². The van der Waals surface area contributed by atoms with Crippen LogP contribution < -0.4 is 0 Å². The molecule has 0 unspecified atom stereocenters. The molecule has 0 bridgehead atoms. The molecular weight excluding hydrogens is 272 g/mol. The van der Waals surface area contributed by atoms with Gasteiger partial charge in [-0.1, -0.05) is 6.07 Å². The zero-order chi connectivity index (χ0) is 15.7. The quantitative estimate of drug-likeness (QED) is 0.492. The van der Waals surface area contributed by atoms with Crippen molar-refractivity contribution in [1.82, 2.24) is 19.2 Å². The summed E-state index contributed by atoms with van der Waals surface area (Å²) >= 11 is 0. The monoisotopic (exact) mass is 292 g/mol. The van der Waals surface area contributed by atoms with Gasteiger partial charge in [-0.05, 0) is 69.2 Å². The molecule has 4 heteroatoms. The lowest BCUT2D eigenvalue weighted by Gasteiger charge is -1.92. The standard InChI is InChI=1S/2C9H10N2/c1-7-3-4-9-5-8(2)10-11(9)6-7;1-7-3-4-11-9(5-7)6-8(2)10-11/h2*3-6H,1-2H3. The Morgan fingerprint density at radius 3 is 2.14 bits per heavy atom. The Hall–Kier alpha value is -2.62. The molecule has 22 heavy (non-hydrogen) atoms. The summed E-state index contributed by atoms with van der Waals surface area (Å²) in [6.45, 7) is 8.16. The fourth-order valence-electron chi connectivity index (χ4n) is 2.45. The van der Waals surface area contributed by atoms with Crippen molar-refractivity contribution in [2.75, 3.05) is 0 Å². The van der Waals surface area contributed by atoms with Gasteiger partial charge in [0.15, 0.2) is 0 Å². The van der Waals surface area contributed by atoms with Crippen LogP contribution in [0.1, 0.15) is 22.5 Å². The first-order valence-electron chi connectivity index (χ1n) is 7.36. The van der Waals surface area contributed by atoms with Crippen molar-refractivity contribution in [3.63, 3.8) is 0 Å². The van der Waals surface area contributed by atoms with E-state index in [-0.39, 0.29) is 0 Å². The van der Waals surface area contributed by atoms with Gasteiger partial charge in [0.05, 0.1) is 22.4 Å². The van der Waals surface area contributed by atoms with Crippen molar-refractivity contribution < 1.29 is 0 Å². The highest BCUT2D eigenvalue weighted by Gasteiger charge is 1.96. The van der Waals surface area contributed by atoms with Crippen molar-refractivity contribution >= 4 is 11.0 Å². The minimum Gasteiger partial charge on any atom is -0.241 e. The van der Waals surface area contributed by atoms with E-state index in [0.29, 0.717) is 0 Å². The smallest absolute Gasteiger partial charge is 0.0666 e. The summed E-state index contributed by atoms with van der Waals surface area (Å²) in [6, 6.07) is 12.5. The summed E-state index contributed by atoms with van der Waals surface area (Å²) in [4.78, 5) is 0. The van der Waals surface area contributed by atoms with Crippen LogP contribution in [0.4, 0.5) is 0 Å². The normalized spacial score (nSPS) is 10.7. The van der Waals surface area contributed by atoms with Crippen molar-refractivity contribution in [3.8, 4) is 0 Å². The van der Waals surface area contributed by atoms with Gasteiger partial charge in [0.2, 0.25) is 0 Å². The first-order chi connectivity index (χ1) is 10.5. The molecule has 0 radical (unpaired) electrons. The second-order valence-electron chi connectivity index (χ2n) is 5.72. The van der Waals surface area contributed by atoms with E-state index < -0.39 is 0 Å². The van der Waals surface area contributed by atoms with Gasteiger partial charge in [-0.15, -0.1) is 0 Å². The number of fused-ring (bicyclic) bond motifs is 2. The van der Waals surface area contributed by atoms with Crippen molar-refractivity contribution in [1.29, 1.82) is 0 Å². The maximum atomic E-state index is 4.29. The molecule has 4 rings (SSSR count). The molecule has 0 N–H and O–H groups in total. The molecule has 0 atom stereocenters. The molecule has 0 aromatic carbocycles. The second-order valence-corrected chi connectivity index (χ2v) is 5.72. The number of hydrogen-bond donors (Lipinski definition) is 0. The number of aryl methyl sites for hydroxylation is 4. The van der Waals surface area contributed by atoms with Crippen LogP contribution in [0.2, 0.25) is 0 Å². The first kappa shape index (κ1) is 14.3. The Morgan fingerprint density at radius 1 is 0.682 bits per heavy atom. The molecule has 0 aliphatic rings. The van der Waals surface area contributed by atoms with Gasteiger partial charge in [0, 0.05) is 12.4 Å². The average molecular weight is 292 g/mol. The van der Waals surface area contributed by atoms with Crippen LogP contribution in [0.25, 0.3) is 11.0 Å². The molecular formula is C18H20N4. The highest BCUT2D eigenvalue weighted by molar-refractivity contribution is 5.49.